The molecule has 0 atom stereocenters. The van der Waals surface area contributed by atoms with Crippen LogP contribution < -0.4 is 13.3 Å². The average molecular weight is 2590 g/mol. The Balaban J connectivity index is -0.0000000779. The molecule has 0 saturated heterocycles. The average Bonchev–Trinajstić information content (AvgIpc) is 4.12. The van der Waals surface area contributed by atoms with Crippen molar-refractivity contribution in [3.8, 4) is 0 Å². The second-order valence-electron chi connectivity index (χ2n) is 12.8. The number of rotatable bonds is 4. The number of hydrogen-bond acceptors (Lipinski definition) is 12. The van der Waals surface area contributed by atoms with Gasteiger partial charge in [0.1, 0.15) is 11.5 Å². The molecule has 0 aliphatic carbocycles. The van der Waals surface area contributed by atoms with E-state index in [9.17, 15) is 19.2 Å². The molecule has 4 aromatic heterocycles. The Morgan fingerprint density at radius 3 is 1.15 bits per heavy atom. The van der Waals surface area contributed by atoms with Crippen LogP contribution in [0, 0.1) is 40.6 Å². The van der Waals surface area contributed by atoms with E-state index in [1.807, 2.05) is 116 Å². The number of halogens is 11. The van der Waals surface area contributed by atoms with Crippen molar-refractivity contribution in [3.05, 3.63) is 148 Å². The van der Waals surface area contributed by atoms with Crippen molar-refractivity contribution in [2.75, 3.05) is 16.7 Å². The number of ether oxygens (including phenoxy) is 2. The number of aromatic amines is 4. The summed E-state index contributed by atoms with van der Waals surface area (Å²) in [6.45, 7) is 7.09. The number of carbonyl (C=O) groups excluding carboxylic acids is 3. The van der Waals surface area contributed by atoms with Crippen LogP contribution in [-0.4, -0.2) is 162 Å². The number of hydrogen-bond donors (Lipinski definition) is 7. The Kier molecular flexibility index (Phi) is 88.9. The third-order valence-electron chi connectivity index (χ3n) is 7.86. The van der Waals surface area contributed by atoms with Crippen molar-refractivity contribution in [2.24, 2.45) is 0 Å². The van der Waals surface area contributed by atoms with Gasteiger partial charge in [-0.3, -0.25) is 25.3 Å². The van der Waals surface area contributed by atoms with Gasteiger partial charge < -0.3 is 78.8 Å². The number of aromatic carboxylic acids is 1. The molecule has 8 rings (SSSR count). The summed E-state index contributed by atoms with van der Waals surface area (Å²) in [5, 5.41) is 53.1. The van der Waals surface area contributed by atoms with Crippen LogP contribution in [0.1, 0.15) is 66.1 Å². The van der Waals surface area contributed by atoms with Crippen LogP contribution in [0.15, 0.2) is 77.3 Å². The van der Waals surface area contributed by atoms with Crippen LogP contribution >= 0.6 is 213 Å². The third kappa shape index (κ3) is 44.2. The van der Waals surface area contributed by atoms with Gasteiger partial charge in [0, 0.05) is 187 Å². The van der Waals surface area contributed by atoms with Crippen LogP contribution in [0.5, 0.6) is 0 Å². The van der Waals surface area contributed by atoms with Crippen molar-refractivity contribution in [1.82, 2.24) is 40.8 Å². The smallest absolute Gasteiger partial charge is 0 e. The summed E-state index contributed by atoms with van der Waals surface area (Å²) >= 11 is 22.0. The largest absolute Gasteiger partial charge is 0.693 e. The quantitative estimate of drug-likeness (QED) is 0.0284. The van der Waals surface area contributed by atoms with Gasteiger partial charge in [-0.1, -0.05) is 171 Å². The molecule has 4 aromatic carbocycles. The molecule has 1 amide bonds. The number of benzene rings is 4. The summed E-state index contributed by atoms with van der Waals surface area (Å²) in [6.07, 6.45) is 0. The van der Waals surface area contributed by atoms with E-state index < -0.39 is 30.9 Å². The number of nitrogens with two attached hydrogens (primary N) is 1. The van der Waals surface area contributed by atoms with Gasteiger partial charge in [-0.15, -0.1) is 24.0 Å². The number of esters is 2. The molecule has 80 heavy (non-hydrogen) atoms. The maximum atomic E-state index is 11.3. The fraction of sp³-hybridized carbons (Fsp3) is 0.205. The van der Waals surface area contributed by atoms with Crippen LogP contribution in [0.3, 0.4) is 0 Å². The number of fused-ring (bicyclic) bond motifs is 4. The fourth-order valence-corrected chi connectivity index (χ4v) is 5.57. The number of nitrogens with zero attached hydrogens (tertiary/aromatic N) is 4. The molecule has 10 N–H and O–H groups in total. The van der Waals surface area contributed by atoms with Crippen LogP contribution in [0.4, 0.5) is 0 Å². The first kappa shape index (κ1) is 110. The fourth-order valence-electron chi connectivity index (χ4n) is 5.21. The minimum atomic E-state index is -1.17. The SMILES string of the molecule is C.CB(O)O.COC(=O)c1n[nH]c2ccc(Br)cc12.COC(=O)c1n[nH]c2ccc(C)cc12.Cc1ccc2[nH]nc(C(=O)O)c2c1.Cc1ccc2[nH]nc(C([NH-])=O)c2c1.I.IC(I)I.ICI.I[I-]I.[CH2-]I.[CH3-].[CH3-].[NH2-].[Rb].[V].[V].[Y].[Y]. The predicted molar refractivity (Wildman–Crippen MR) is 393 cm³/mol. The van der Waals surface area contributed by atoms with Crippen molar-refractivity contribution in [2.45, 2.75) is 35.0 Å². The molecule has 8 aromatic rings. The van der Waals surface area contributed by atoms with Crippen molar-refractivity contribution in [3.63, 3.8) is 0 Å². The zero-order valence-corrected chi connectivity index (χ0v) is 80.1. The molecule has 0 bridgehead atoms. The Hall–Kier alpha value is 5.55. The zero-order valence-electron chi connectivity index (χ0n) is 43.4. The summed E-state index contributed by atoms with van der Waals surface area (Å²) in [5.41, 5.74) is 14.3. The summed E-state index contributed by atoms with van der Waals surface area (Å²) in [7, 11) is 1.51. The Morgan fingerprint density at radius 1 is 0.662 bits per heavy atom. The molecule has 0 spiro atoms. The van der Waals surface area contributed by atoms with Gasteiger partial charge in [-0.25, -0.2) is 14.4 Å². The standard InChI is InChI=1S/C10H10N2O2.C9H7BrN2O2.C9H9N3O.C9H8N2O2.CH5BO2.CHI3.CH2I2.CH2I.CH4.2CH3.I3.HI.H2N.Rb.2V.2Y/c1-6-3-4-8-7(5-6)9(12-11-8)10(13)14-2;1-14-9(13)8-6-4-5(10)2-3-7(6)11-12-8;1-5-2-3-7-6(4-5)8(9(10)13)12-11-7;1-5-2-3-7-6(4-5)8(9(12)13)11-10-7;1-2(3)4;2-1(3)4;2-1-3;1-2;;;;1-3-2;;;;;;;/h3-5H,1-2H3,(H,11,12);2-4H,1H3,(H,11,12);2-4H,1H3,(H3,10,11,12,13);2-4H,1H3,(H,10,11)(H,12,13);3-4H,1H3;1H;1H2;1H2;1H4;2*1H3;;1H;1H2;;;;;/q;;;;;;;-1;;3*-1;;-1;;;;;/p-1. The summed E-state index contributed by atoms with van der Waals surface area (Å²) < 4.78 is 12.1. The van der Waals surface area contributed by atoms with Gasteiger partial charge in [0.2, 0.25) is 0 Å². The van der Waals surface area contributed by atoms with E-state index in [4.69, 9.17) is 20.9 Å². The monoisotopic (exact) mass is 2590 g/mol. The topological polar surface area (TPSA) is 319 Å². The maximum absolute atomic E-state index is 11.3. The van der Waals surface area contributed by atoms with Gasteiger partial charge in [-0.05, 0) is 82.2 Å². The first-order valence-electron chi connectivity index (χ1n) is 18.8. The minimum absolute atomic E-state index is 0. The summed E-state index contributed by atoms with van der Waals surface area (Å²) in [4.78, 5) is 47.3. The van der Waals surface area contributed by atoms with Crippen molar-refractivity contribution >= 4 is 345 Å². The van der Waals surface area contributed by atoms with Gasteiger partial charge >= 0.3 is 75.5 Å². The number of carboxylic acids is 1. The molecule has 0 unspecified atom stereocenters. The Morgan fingerprint density at radius 2 is 0.887 bits per heavy atom. The molecule has 0 aliphatic heterocycles. The van der Waals surface area contributed by atoms with Crippen LogP contribution in [0.25, 0.3) is 55.5 Å². The molecule has 5 radical (unpaired) electrons. The first-order chi connectivity index (χ1) is 33.1. The van der Waals surface area contributed by atoms with E-state index in [-0.39, 0.29) is 225 Å². The van der Waals surface area contributed by atoms with E-state index in [0.717, 1.165) is 59.3 Å². The molecule has 0 aliphatic rings. The predicted octanol–water partition coefficient (Wildman–Crippen LogP) is 13.4. The second kappa shape index (κ2) is 64.6. The van der Waals surface area contributed by atoms with E-state index in [1.165, 1.54) is 23.5 Å². The minimum Gasteiger partial charge on any atom is -0.693 e. The molecule has 4 heterocycles. The van der Waals surface area contributed by atoms with E-state index in [0.29, 0.717) is 30.0 Å². The maximum Gasteiger partial charge on any atom is 0 e. The molecule has 0 fully saturated rings. The number of carboxylic acid groups (broad SMARTS) is 1. The number of H-pyrrole nitrogens is 4. The Bertz CT molecular complexity index is 2700. The second-order valence-corrected chi connectivity index (χ2v) is 45.3. The number of nitrogens with one attached hydrogen (secondary N) is 5. The number of aromatic nitrogens is 8. The molecule has 439 valence electrons. The molecule has 0 saturated carbocycles. The number of alkyl halides is 5. The molecule has 19 nitrogen and oxygen atoms in total. The normalized spacial score (nSPS) is 8.44. The van der Waals surface area contributed by atoms with E-state index in [1.54, 1.807) is 0 Å². The summed E-state index contributed by atoms with van der Waals surface area (Å²) in [5.74, 6) is -2.61. The van der Waals surface area contributed by atoms with Crippen LogP contribution in [-0.2, 0) is 112 Å². The number of amides is 1. The third-order valence-corrected chi connectivity index (χ3v) is 8.35. The van der Waals surface area contributed by atoms with Crippen LogP contribution in [0.2, 0.25) is 6.82 Å². The van der Waals surface area contributed by atoms with Gasteiger partial charge in [0.15, 0.2) is 17.1 Å². The molecule has 36 heteroatoms. The van der Waals surface area contributed by atoms with Crippen molar-refractivity contribution in [1.29, 1.82) is 0 Å². The molecular formula is C44H56BBrI10N10O9RbV2Y2-6. The van der Waals surface area contributed by atoms with Crippen molar-refractivity contribution < 1.29 is 160 Å². The zero-order chi connectivity index (χ0) is 53.7. The number of aryl methyl sites for hydroxylation is 3. The van der Waals surface area contributed by atoms with Gasteiger partial charge in [-0.2, -0.15) is 20.4 Å². The van der Waals surface area contributed by atoms with E-state index in [2.05, 4.69) is 221 Å². The van der Waals surface area contributed by atoms with Gasteiger partial charge in [0.25, 0.3) is 0 Å². The Labute approximate surface area is 729 Å². The van der Waals surface area contributed by atoms with E-state index >= 15 is 0 Å². The van der Waals surface area contributed by atoms with Gasteiger partial charge in [0.05, 0.1) is 38.7 Å². The number of carbonyl (C=O) groups is 4. The number of methoxy groups -OCH3 is 2. The first-order valence-corrected chi connectivity index (χ1v) is 40.5. The summed E-state index contributed by atoms with van der Waals surface area (Å²) in [6, 6.07) is 22.5. The molecular weight excluding hydrogens is 2540 g/mol.